The minimum Gasteiger partial charge on any atom is -0.389 e. The molecule has 0 radical (unpaired) electrons. The highest BCUT2D eigenvalue weighted by molar-refractivity contribution is 6.04. The summed E-state index contributed by atoms with van der Waals surface area (Å²) in [4.78, 5) is 38.2. The van der Waals surface area contributed by atoms with Crippen molar-refractivity contribution in [3.8, 4) is 0 Å². The first-order valence-corrected chi connectivity index (χ1v) is 12.1. The average Bonchev–Trinajstić information content (AvgIpc) is 3.20. The smallest absolute Gasteiger partial charge is 0.257 e. The summed E-state index contributed by atoms with van der Waals surface area (Å²) in [6, 6.07) is 18.6. The molecule has 1 aliphatic heterocycles. The highest BCUT2D eigenvalue weighted by atomic mass is 16.3. The molecule has 1 heterocycles. The van der Waals surface area contributed by atoms with Gasteiger partial charge in [-0.2, -0.15) is 0 Å². The molecule has 3 rings (SSSR count). The molecule has 2 aromatic carbocycles. The fraction of sp³-hybridized carbons (Fsp3) is 0.393. The minimum absolute atomic E-state index is 0.0349. The number of hydrogen-bond donors (Lipinski definition) is 2. The first-order valence-electron chi connectivity index (χ1n) is 12.1. The molecule has 0 spiro atoms. The molecule has 1 fully saturated rings. The Bertz CT molecular complexity index is 959. The lowest BCUT2D eigenvalue weighted by Gasteiger charge is -2.22. The van der Waals surface area contributed by atoms with Crippen molar-refractivity contribution in [2.45, 2.75) is 63.5 Å². The topological polar surface area (TPSA) is 86.7 Å². The van der Waals surface area contributed by atoms with E-state index >= 15 is 0 Å². The summed E-state index contributed by atoms with van der Waals surface area (Å²) in [5.74, 6) is -0.472. The maximum absolute atomic E-state index is 12.3. The molecule has 0 saturated carbocycles. The molecular formula is C28H34N2O4. The highest BCUT2D eigenvalue weighted by Crippen LogP contribution is 2.21. The van der Waals surface area contributed by atoms with Crippen molar-refractivity contribution in [1.82, 2.24) is 10.2 Å². The molecule has 1 aliphatic rings. The number of amides is 3. The van der Waals surface area contributed by atoms with Gasteiger partial charge in [-0.05, 0) is 37.0 Å². The number of carbonyl (C=O) groups is 3. The first-order chi connectivity index (χ1) is 16.5. The zero-order valence-electron chi connectivity index (χ0n) is 19.6. The molecule has 1 saturated heterocycles. The maximum Gasteiger partial charge on any atom is 0.257 e. The number of aliphatic hydroxyl groups is 1. The van der Waals surface area contributed by atoms with Crippen LogP contribution in [0.2, 0.25) is 0 Å². The van der Waals surface area contributed by atoms with Crippen LogP contribution >= 0.6 is 0 Å². The normalized spacial score (nSPS) is 16.7. The van der Waals surface area contributed by atoms with E-state index in [1.807, 2.05) is 47.4 Å². The number of nitrogens with one attached hydrogen (secondary N) is 1. The van der Waals surface area contributed by atoms with Gasteiger partial charge in [-0.1, -0.05) is 73.5 Å². The third-order valence-corrected chi connectivity index (χ3v) is 6.06. The lowest BCUT2D eigenvalue weighted by Crippen LogP contribution is -2.33. The van der Waals surface area contributed by atoms with Gasteiger partial charge in [0.1, 0.15) is 0 Å². The van der Waals surface area contributed by atoms with E-state index in [1.54, 1.807) is 30.3 Å². The zero-order chi connectivity index (χ0) is 24.2. The Hall–Kier alpha value is -3.25. The molecule has 2 aromatic rings. The molecule has 34 heavy (non-hydrogen) atoms. The van der Waals surface area contributed by atoms with E-state index in [9.17, 15) is 19.5 Å². The Morgan fingerprint density at radius 3 is 2.41 bits per heavy atom. The fourth-order valence-corrected chi connectivity index (χ4v) is 4.20. The van der Waals surface area contributed by atoms with E-state index in [0.717, 1.165) is 31.2 Å². The summed E-state index contributed by atoms with van der Waals surface area (Å²) in [6.07, 6.45) is 8.74. The second kappa shape index (κ2) is 13.5. The molecule has 0 aliphatic carbocycles. The van der Waals surface area contributed by atoms with Gasteiger partial charge in [0.25, 0.3) is 5.91 Å². The monoisotopic (exact) mass is 462 g/mol. The zero-order valence-corrected chi connectivity index (χ0v) is 19.6. The van der Waals surface area contributed by atoms with E-state index in [-0.39, 0.29) is 23.8 Å². The summed E-state index contributed by atoms with van der Waals surface area (Å²) in [5, 5.41) is 12.7. The van der Waals surface area contributed by atoms with E-state index in [1.165, 1.54) is 0 Å². The van der Waals surface area contributed by atoms with Crippen molar-refractivity contribution in [3.63, 3.8) is 0 Å². The van der Waals surface area contributed by atoms with Crippen molar-refractivity contribution < 1.29 is 19.5 Å². The largest absolute Gasteiger partial charge is 0.389 e. The van der Waals surface area contributed by atoms with Crippen LogP contribution in [0, 0.1) is 0 Å². The Labute approximate surface area is 201 Å². The first kappa shape index (κ1) is 25.4. The van der Waals surface area contributed by atoms with Gasteiger partial charge in [0.15, 0.2) is 0 Å². The van der Waals surface area contributed by atoms with Gasteiger partial charge in [-0.3, -0.25) is 19.7 Å². The van der Waals surface area contributed by atoms with Crippen molar-refractivity contribution in [2.24, 2.45) is 0 Å². The molecule has 3 amide bonds. The van der Waals surface area contributed by atoms with E-state index in [0.29, 0.717) is 37.8 Å². The van der Waals surface area contributed by atoms with Gasteiger partial charge in [0, 0.05) is 31.4 Å². The molecule has 6 nitrogen and oxygen atoms in total. The second-order valence-corrected chi connectivity index (χ2v) is 8.74. The molecule has 0 bridgehead atoms. The molecule has 2 N–H and O–H groups in total. The average molecular weight is 463 g/mol. The predicted molar refractivity (Wildman–Crippen MR) is 132 cm³/mol. The Morgan fingerprint density at radius 1 is 1.00 bits per heavy atom. The second-order valence-electron chi connectivity index (χ2n) is 8.74. The van der Waals surface area contributed by atoms with Gasteiger partial charge < -0.3 is 10.0 Å². The van der Waals surface area contributed by atoms with Crippen molar-refractivity contribution in [3.05, 3.63) is 83.9 Å². The van der Waals surface area contributed by atoms with Gasteiger partial charge in [-0.25, -0.2) is 0 Å². The molecule has 0 aromatic heterocycles. The predicted octanol–water partition coefficient (Wildman–Crippen LogP) is 4.04. The van der Waals surface area contributed by atoms with Crippen LogP contribution in [0.5, 0.6) is 0 Å². The summed E-state index contributed by atoms with van der Waals surface area (Å²) in [7, 11) is 0. The molecule has 6 heteroatoms. The number of rotatable bonds is 12. The summed E-state index contributed by atoms with van der Waals surface area (Å²) < 4.78 is 0. The highest BCUT2D eigenvalue weighted by Gasteiger charge is 2.28. The maximum atomic E-state index is 12.3. The Kier molecular flexibility index (Phi) is 10.0. The van der Waals surface area contributed by atoms with Crippen LogP contribution < -0.4 is 5.32 Å². The number of hydrogen-bond acceptors (Lipinski definition) is 4. The van der Waals surface area contributed by atoms with Gasteiger partial charge in [0.05, 0.1) is 12.1 Å². The molecule has 0 unspecified atom stereocenters. The van der Waals surface area contributed by atoms with Crippen molar-refractivity contribution in [1.29, 1.82) is 0 Å². The summed E-state index contributed by atoms with van der Waals surface area (Å²) in [5.41, 5.74) is 1.56. The lowest BCUT2D eigenvalue weighted by molar-refractivity contribution is -0.128. The van der Waals surface area contributed by atoms with Crippen LogP contribution in [-0.2, 0) is 16.0 Å². The molecular weight excluding hydrogens is 428 g/mol. The number of nitrogens with zero attached hydrogens (tertiary/aromatic N) is 1. The lowest BCUT2D eigenvalue weighted by atomic mass is 10.1. The Balaban J connectivity index is 1.32. The van der Waals surface area contributed by atoms with Crippen LogP contribution in [0.3, 0.4) is 0 Å². The number of aliphatic hydroxyl groups excluding tert-OH is 1. The third kappa shape index (κ3) is 8.27. The number of unbranched alkanes of at least 4 members (excludes halogenated alkanes) is 3. The Morgan fingerprint density at radius 2 is 1.68 bits per heavy atom. The van der Waals surface area contributed by atoms with Crippen LogP contribution in [-0.4, -0.2) is 46.4 Å². The molecule has 180 valence electrons. The van der Waals surface area contributed by atoms with Crippen molar-refractivity contribution >= 4 is 17.7 Å². The number of imide groups is 1. The van der Waals surface area contributed by atoms with E-state index in [4.69, 9.17) is 0 Å². The number of carbonyl (C=O) groups excluding carboxylic acids is 3. The van der Waals surface area contributed by atoms with Crippen LogP contribution in [0.15, 0.2) is 72.8 Å². The number of benzene rings is 2. The van der Waals surface area contributed by atoms with Crippen LogP contribution in [0.4, 0.5) is 0 Å². The van der Waals surface area contributed by atoms with Gasteiger partial charge in [0.2, 0.25) is 11.8 Å². The summed E-state index contributed by atoms with van der Waals surface area (Å²) in [6.45, 7) is 0.682. The van der Waals surface area contributed by atoms with Crippen LogP contribution in [0.25, 0.3) is 0 Å². The van der Waals surface area contributed by atoms with E-state index < -0.39 is 6.10 Å². The fourth-order valence-electron chi connectivity index (χ4n) is 4.20. The van der Waals surface area contributed by atoms with Crippen molar-refractivity contribution in [2.75, 3.05) is 6.54 Å². The standard InChI is InChI=1S/C28H34N2O4/c31-25(21-22-11-5-3-6-12-22)18-16-24-17-19-27(33)30(24)20-10-2-1-9-15-26(32)29-28(34)23-13-7-4-8-14-23/h3-8,11-14,16,18,24-25,31H,1-2,9-10,15,17,19-21H2,(H,29,32,34)/b18-16+/t24-,25+/m0/s1. The van der Waals surface area contributed by atoms with Crippen LogP contribution in [0.1, 0.15) is 60.9 Å². The quantitative estimate of drug-likeness (QED) is 0.368. The van der Waals surface area contributed by atoms with Gasteiger partial charge >= 0.3 is 0 Å². The van der Waals surface area contributed by atoms with E-state index in [2.05, 4.69) is 5.32 Å². The number of likely N-dealkylation sites (tertiary alicyclic amines) is 1. The summed E-state index contributed by atoms with van der Waals surface area (Å²) >= 11 is 0. The minimum atomic E-state index is -0.570. The molecule has 2 atom stereocenters. The third-order valence-electron chi connectivity index (χ3n) is 6.06. The SMILES string of the molecule is O=C(CCCCCCN1C(=O)CC[C@@H]1/C=C/[C@@H](O)Cc1ccccc1)NC(=O)c1ccccc1. The van der Waals surface area contributed by atoms with Gasteiger partial charge in [-0.15, -0.1) is 0 Å².